The predicted octanol–water partition coefficient (Wildman–Crippen LogP) is 27.3. The molecule has 0 aromatic heterocycles. The number of ether oxygens (including phenoxy) is 4. The van der Waals surface area contributed by atoms with Crippen molar-refractivity contribution in [2.75, 3.05) is 47.5 Å². The van der Waals surface area contributed by atoms with Crippen LogP contribution in [-0.2, 0) is 33.3 Å². The highest BCUT2D eigenvalue weighted by Crippen LogP contribution is 2.21. The molecule has 2 atom stereocenters. The molecule has 0 heterocycles. The van der Waals surface area contributed by atoms with Gasteiger partial charge in [0.2, 0.25) is 0 Å². The Hall–Kier alpha value is -1.97. The normalized spacial score (nSPS) is 12.5. The van der Waals surface area contributed by atoms with Crippen molar-refractivity contribution < 1.29 is 42.9 Å². The van der Waals surface area contributed by atoms with Crippen LogP contribution in [0, 0.1) is 0 Å². The first-order chi connectivity index (χ1) is 48.1. The molecule has 0 bridgehead atoms. The van der Waals surface area contributed by atoms with E-state index >= 15 is 0 Å². The van der Waals surface area contributed by atoms with Crippen LogP contribution in [0.3, 0.4) is 0 Å². The van der Waals surface area contributed by atoms with Gasteiger partial charge in [0, 0.05) is 12.8 Å². The van der Waals surface area contributed by atoms with Gasteiger partial charge in [-0.2, -0.15) is 0 Å². The lowest BCUT2D eigenvalue weighted by Gasteiger charge is -2.26. The van der Waals surface area contributed by atoms with E-state index in [-0.39, 0.29) is 32.2 Å². The Morgan fingerprint density at radius 1 is 0.296 bits per heavy atom. The SMILES string of the molecule is CCCCCCCCCC/C=C\CCCCCCCCCCCCCCCCCCCCCCCC(=O)OC(COC(=O)CCCCCCCCCCCCCCCCCCCCCCCCCCCCCCCCCCCCCCCCCC)COC(OCC[N+](C)(C)C)C(=O)[O-]. The second-order valence-corrected chi connectivity index (χ2v) is 31.9. The van der Waals surface area contributed by atoms with Crippen LogP contribution in [0.25, 0.3) is 0 Å². The highest BCUT2D eigenvalue weighted by atomic mass is 16.7. The summed E-state index contributed by atoms with van der Waals surface area (Å²) in [5.41, 5.74) is 0. The van der Waals surface area contributed by atoms with E-state index in [1.54, 1.807) is 0 Å². The van der Waals surface area contributed by atoms with Crippen LogP contribution < -0.4 is 5.11 Å². The average Bonchev–Trinajstić information content (AvgIpc) is 1.14. The van der Waals surface area contributed by atoms with E-state index in [2.05, 4.69) is 26.0 Å². The Bertz CT molecular complexity index is 1610. The van der Waals surface area contributed by atoms with Crippen LogP contribution in [0.2, 0.25) is 0 Å². The van der Waals surface area contributed by atoms with Gasteiger partial charge in [0.25, 0.3) is 0 Å². The Morgan fingerprint density at radius 3 is 0.755 bits per heavy atom. The lowest BCUT2D eigenvalue weighted by Crippen LogP contribution is -2.44. The molecule has 0 saturated heterocycles. The van der Waals surface area contributed by atoms with Gasteiger partial charge in [0.1, 0.15) is 13.2 Å². The fourth-order valence-electron chi connectivity index (χ4n) is 14.0. The summed E-state index contributed by atoms with van der Waals surface area (Å²) in [6.45, 7) is 4.85. The minimum atomic E-state index is -1.62. The number of carboxylic acids is 1. The second-order valence-electron chi connectivity index (χ2n) is 31.9. The third-order valence-electron chi connectivity index (χ3n) is 20.8. The highest BCUT2D eigenvalue weighted by molar-refractivity contribution is 5.70. The molecule has 0 aliphatic heterocycles. The predicted molar refractivity (Wildman–Crippen MR) is 422 cm³/mol. The van der Waals surface area contributed by atoms with Crippen molar-refractivity contribution in [3.63, 3.8) is 0 Å². The molecule has 582 valence electrons. The van der Waals surface area contributed by atoms with E-state index in [1.165, 1.54) is 417 Å². The van der Waals surface area contributed by atoms with Gasteiger partial charge in [-0.05, 0) is 38.5 Å². The van der Waals surface area contributed by atoms with Gasteiger partial charge in [0.05, 0.1) is 40.3 Å². The Balaban J connectivity index is 3.88. The Morgan fingerprint density at radius 2 is 0.520 bits per heavy atom. The largest absolute Gasteiger partial charge is 0.545 e. The highest BCUT2D eigenvalue weighted by Gasteiger charge is 2.22. The first-order valence-electron chi connectivity index (χ1n) is 44.3. The van der Waals surface area contributed by atoms with E-state index in [0.29, 0.717) is 17.4 Å². The molecule has 0 saturated carbocycles. The molecule has 0 N–H and O–H groups in total. The van der Waals surface area contributed by atoms with Crippen molar-refractivity contribution in [3.05, 3.63) is 12.2 Å². The molecule has 0 amide bonds. The Kier molecular flexibility index (Phi) is 79.1. The number of allylic oxidation sites excluding steroid dienone is 2. The summed E-state index contributed by atoms with van der Waals surface area (Å²) < 4.78 is 22.9. The number of hydrogen-bond acceptors (Lipinski definition) is 8. The number of nitrogens with zero attached hydrogens (tertiary/aromatic N) is 1. The zero-order valence-corrected chi connectivity index (χ0v) is 67.0. The fraction of sp³-hybridized carbons (Fsp3) is 0.944. The molecular formula is C89H173NO8. The summed E-state index contributed by atoms with van der Waals surface area (Å²) in [4.78, 5) is 37.7. The van der Waals surface area contributed by atoms with Gasteiger partial charge in [-0.1, -0.05) is 443 Å². The number of aliphatic carboxylic acids is 1. The van der Waals surface area contributed by atoms with E-state index in [1.807, 2.05) is 21.1 Å². The molecule has 9 heteroatoms. The molecule has 0 aliphatic carbocycles. The monoisotopic (exact) mass is 1380 g/mol. The summed E-state index contributed by atoms with van der Waals surface area (Å²) in [5, 5.41) is 11.9. The number of carboxylic acid groups (broad SMARTS) is 1. The van der Waals surface area contributed by atoms with Crippen molar-refractivity contribution in [2.24, 2.45) is 0 Å². The molecule has 0 aromatic carbocycles. The maximum Gasteiger partial charge on any atom is 0.306 e. The maximum absolute atomic E-state index is 13.0. The molecular weight excluding hydrogens is 1210 g/mol. The molecule has 9 nitrogen and oxygen atoms in total. The summed E-state index contributed by atoms with van der Waals surface area (Å²) in [6.07, 6.45) is 99.6. The van der Waals surface area contributed by atoms with Crippen LogP contribution in [0.5, 0.6) is 0 Å². The number of rotatable bonds is 85. The number of carbonyl (C=O) groups is 3. The summed E-state index contributed by atoms with van der Waals surface area (Å²) in [5.74, 6) is -2.24. The van der Waals surface area contributed by atoms with Gasteiger partial charge < -0.3 is 33.3 Å². The summed E-state index contributed by atoms with van der Waals surface area (Å²) in [7, 11) is 5.96. The minimum Gasteiger partial charge on any atom is -0.545 e. The van der Waals surface area contributed by atoms with Crippen molar-refractivity contribution in [1.82, 2.24) is 0 Å². The van der Waals surface area contributed by atoms with E-state index < -0.39 is 24.3 Å². The molecule has 0 rings (SSSR count). The Labute approximate surface area is 612 Å². The summed E-state index contributed by atoms with van der Waals surface area (Å²) in [6, 6.07) is 0. The van der Waals surface area contributed by atoms with Crippen molar-refractivity contribution >= 4 is 17.9 Å². The quantitative estimate of drug-likeness (QED) is 0.0195. The first-order valence-corrected chi connectivity index (χ1v) is 44.3. The number of unbranched alkanes of at least 4 members (excludes halogenated alkanes) is 68. The van der Waals surface area contributed by atoms with Crippen LogP contribution in [0.4, 0.5) is 0 Å². The molecule has 2 unspecified atom stereocenters. The smallest absolute Gasteiger partial charge is 0.306 e. The molecule has 0 fully saturated rings. The minimum absolute atomic E-state index is 0.153. The maximum atomic E-state index is 13.0. The van der Waals surface area contributed by atoms with Gasteiger partial charge in [-0.15, -0.1) is 0 Å². The van der Waals surface area contributed by atoms with Crippen molar-refractivity contribution in [3.8, 4) is 0 Å². The van der Waals surface area contributed by atoms with Crippen LogP contribution >= 0.6 is 0 Å². The molecule has 0 spiro atoms. The lowest BCUT2D eigenvalue weighted by atomic mass is 10.0. The van der Waals surface area contributed by atoms with Gasteiger partial charge >= 0.3 is 11.9 Å². The number of esters is 2. The molecule has 0 aromatic rings. The van der Waals surface area contributed by atoms with E-state index in [4.69, 9.17) is 18.9 Å². The second kappa shape index (κ2) is 80.7. The van der Waals surface area contributed by atoms with Gasteiger partial charge in [0.15, 0.2) is 12.4 Å². The number of carbonyl (C=O) groups excluding carboxylic acids is 3. The number of likely N-dealkylation sites (N-methyl/N-ethyl adjacent to an activating group) is 1. The van der Waals surface area contributed by atoms with E-state index in [0.717, 1.165) is 38.5 Å². The van der Waals surface area contributed by atoms with Crippen molar-refractivity contribution in [1.29, 1.82) is 0 Å². The third-order valence-corrected chi connectivity index (χ3v) is 20.8. The van der Waals surface area contributed by atoms with Crippen molar-refractivity contribution in [2.45, 2.75) is 495 Å². The number of quaternary nitrogens is 1. The van der Waals surface area contributed by atoms with Crippen LogP contribution in [0.15, 0.2) is 12.2 Å². The molecule has 98 heavy (non-hydrogen) atoms. The first kappa shape index (κ1) is 96.0. The molecule has 0 radical (unpaired) electrons. The zero-order valence-electron chi connectivity index (χ0n) is 67.0. The van der Waals surface area contributed by atoms with E-state index in [9.17, 15) is 19.5 Å². The third kappa shape index (κ3) is 81.3. The zero-order chi connectivity index (χ0) is 71.1. The number of hydrogen-bond donors (Lipinski definition) is 0. The van der Waals surface area contributed by atoms with Crippen LogP contribution in [-0.4, -0.2) is 82.3 Å². The lowest BCUT2D eigenvalue weighted by molar-refractivity contribution is -0.870. The average molecular weight is 1390 g/mol. The molecule has 0 aliphatic rings. The standard InChI is InChI=1S/C89H173NO8/c1-6-8-10-12-14-16-18-20-22-24-26-28-30-32-34-36-38-40-41-42-43-44-45-46-48-49-51-53-55-57-59-61-63-65-67-69-71-73-75-77-79-86(91)96-83-85(84-97-89(88(93)94)95-82-81-90(3,4)5)98-87(92)80-78-76-74-72-70-68-66-64-62-60-58-56-54-52-50-47-39-37-35-33-31-29-27-25-23-21-19-17-15-13-11-9-7-2/h25,27,85,89H,6-24,26,28-84H2,1-5H3/b27-25-. The van der Waals surface area contributed by atoms with Gasteiger partial charge in [-0.3, -0.25) is 9.59 Å². The van der Waals surface area contributed by atoms with Gasteiger partial charge in [-0.25, -0.2) is 0 Å². The fourth-order valence-corrected chi connectivity index (χ4v) is 14.0. The topological polar surface area (TPSA) is 111 Å². The van der Waals surface area contributed by atoms with Crippen LogP contribution in [0.1, 0.15) is 483 Å². The summed E-state index contributed by atoms with van der Waals surface area (Å²) >= 11 is 0.